The molecule has 0 unspecified atom stereocenters. The van der Waals surface area contributed by atoms with Crippen LogP contribution in [0.15, 0.2) is 24.3 Å². The van der Waals surface area contributed by atoms with Crippen molar-refractivity contribution in [3.63, 3.8) is 0 Å². The summed E-state index contributed by atoms with van der Waals surface area (Å²) in [5, 5.41) is 3.15. The number of hydrogen-bond donors (Lipinski definition) is 2. The number of hydrogen-bond acceptors (Lipinski definition) is 3. The maximum Gasteiger partial charge on any atom is 0.264 e. The zero-order valence-corrected chi connectivity index (χ0v) is 11.9. The van der Waals surface area contributed by atoms with Crippen LogP contribution in [0.5, 0.6) is 0 Å². The van der Waals surface area contributed by atoms with E-state index in [2.05, 4.69) is 38.2 Å². The fourth-order valence-corrected chi connectivity index (χ4v) is 2.09. The van der Waals surface area contributed by atoms with Crippen LogP contribution < -0.4 is 5.32 Å². The van der Waals surface area contributed by atoms with Crippen molar-refractivity contribution in [3.8, 4) is 0 Å². The Hall–Kier alpha value is -1.07. The summed E-state index contributed by atoms with van der Waals surface area (Å²) in [6.45, 7) is 6.95. The van der Waals surface area contributed by atoms with Crippen molar-refractivity contribution < 1.29 is 13.0 Å². The van der Waals surface area contributed by atoms with Gasteiger partial charge in [0.2, 0.25) is 0 Å². The Morgan fingerprint density at radius 1 is 1.28 bits per heavy atom. The lowest BCUT2D eigenvalue weighted by molar-refractivity contribution is 0.481. The minimum atomic E-state index is -3.85. The van der Waals surface area contributed by atoms with E-state index in [1.54, 1.807) is 0 Å². The van der Waals surface area contributed by atoms with Gasteiger partial charge in [0.1, 0.15) is 0 Å². The fraction of sp³-hybridized carbons (Fsp3) is 0.538. The summed E-state index contributed by atoms with van der Waals surface area (Å²) in [7, 11) is -3.85. The molecule has 1 aromatic rings. The molecule has 102 valence electrons. The van der Waals surface area contributed by atoms with Gasteiger partial charge < -0.3 is 5.32 Å². The van der Waals surface area contributed by atoms with Gasteiger partial charge in [-0.2, -0.15) is 8.42 Å². The summed E-state index contributed by atoms with van der Waals surface area (Å²) in [6, 6.07) is 8.06. The van der Waals surface area contributed by atoms with Gasteiger partial charge in [0.05, 0.1) is 5.75 Å². The molecule has 18 heavy (non-hydrogen) atoms. The second-order valence-corrected chi connectivity index (χ2v) is 6.97. The largest absolute Gasteiger partial charge is 0.385 e. The molecule has 0 spiro atoms. The Bertz CT molecular complexity index is 489. The monoisotopic (exact) mass is 271 g/mol. The first-order valence-corrected chi connectivity index (χ1v) is 7.59. The van der Waals surface area contributed by atoms with Crippen molar-refractivity contribution in [3.05, 3.63) is 29.8 Å². The summed E-state index contributed by atoms with van der Waals surface area (Å²) >= 11 is 0. The Balaban J connectivity index is 2.53. The Morgan fingerprint density at radius 3 is 2.50 bits per heavy atom. The maximum absolute atomic E-state index is 10.6. The van der Waals surface area contributed by atoms with Crippen molar-refractivity contribution in [2.45, 2.75) is 32.6 Å². The molecule has 0 radical (unpaired) electrons. The average molecular weight is 271 g/mol. The first-order valence-electron chi connectivity index (χ1n) is 5.98. The molecule has 4 nitrogen and oxygen atoms in total. The van der Waals surface area contributed by atoms with Gasteiger partial charge in [0.15, 0.2) is 0 Å². The smallest absolute Gasteiger partial charge is 0.264 e. The van der Waals surface area contributed by atoms with E-state index in [1.807, 2.05) is 12.1 Å². The van der Waals surface area contributed by atoms with Crippen LogP contribution in [0, 0.1) is 0 Å². The van der Waals surface area contributed by atoms with E-state index >= 15 is 0 Å². The Labute approximate surface area is 109 Å². The van der Waals surface area contributed by atoms with Crippen LogP contribution in [0.4, 0.5) is 5.69 Å². The van der Waals surface area contributed by atoms with Gasteiger partial charge in [0.25, 0.3) is 10.1 Å². The number of rotatable bonds is 5. The van der Waals surface area contributed by atoms with Gasteiger partial charge in [-0.05, 0) is 29.5 Å². The molecule has 0 aliphatic heterocycles. The maximum atomic E-state index is 10.6. The molecule has 0 fully saturated rings. The summed E-state index contributed by atoms with van der Waals surface area (Å²) < 4.78 is 29.7. The highest BCUT2D eigenvalue weighted by Crippen LogP contribution is 2.24. The number of benzene rings is 1. The second kappa shape index (κ2) is 5.71. The highest BCUT2D eigenvalue weighted by molar-refractivity contribution is 7.85. The second-order valence-electron chi connectivity index (χ2n) is 5.40. The van der Waals surface area contributed by atoms with Crippen LogP contribution in [0.3, 0.4) is 0 Å². The molecule has 5 heteroatoms. The molecule has 0 amide bonds. The zero-order chi connectivity index (χ0) is 13.8. The number of anilines is 1. The van der Waals surface area contributed by atoms with E-state index in [0.717, 1.165) is 5.69 Å². The third-order valence-electron chi connectivity index (χ3n) is 2.64. The molecule has 0 aliphatic rings. The molecule has 0 bridgehead atoms. The van der Waals surface area contributed by atoms with E-state index in [4.69, 9.17) is 4.55 Å². The van der Waals surface area contributed by atoms with Gasteiger partial charge in [-0.25, -0.2) is 0 Å². The van der Waals surface area contributed by atoms with E-state index in [9.17, 15) is 8.42 Å². The molecule has 0 saturated carbocycles. The lowest BCUT2D eigenvalue weighted by Crippen LogP contribution is -2.13. The minimum Gasteiger partial charge on any atom is -0.385 e. The molecular weight excluding hydrogens is 250 g/mol. The van der Waals surface area contributed by atoms with E-state index < -0.39 is 10.1 Å². The summed E-state index contributed by atoms with van der Waals surface area (Å²) in [5.41, 5.74) is 2.28. The zero-order valence-electron chi connectivity index (χ0n) is 11.1. The van der Waals surface area contributed by atoms with Crippen LogP contribution in [-0.2, 0) is 15.5 Å². The molecule has 1 rings (SSSR count). The van der Waals surface area contributed by atoms with Crippen molar-refractivity contribution >= 4 is 15.8 Å². The molecule has 0 aromatic heterocycles. The minimum absolute atomic E-state index is 0.0894. The predicted molar refractivity (Wildman–Crippen MR) is 74.7 cm³/mol. The molecule has 0 saturated heterocycles. The lowest BCUT2D eigenvalue weighted by Gasteiger charge is -2.20. The molecule has 0 atom stereocenters. The quantitative estimate of drug-likeness (QED) is 0.638. The standard InChI is InChI=1S/C13H21NO3S/c1-13(2,3)11-6-4-7-12(10-11)14-8-5-9-18(15,16)17/h4,6-7,10,14H,5,8-9H2,1-3H3,(H,15,16,17). The van der Waals surface area contributed by atoms with Crippen LogP contribution in [0.2, 0.25) is 0 Å². The topological polar surface area (TPSA) is 66.4 Å². The Morgan fingerprint density at radius 2 is 1.94 bits per heavy atom. The van der Waals surface area contributed by atoms with E-state index in [-0.39, 0.29) is 11.2 Å². The molecule has 0 heterocycles. The van der Waals surface area contributed by atoms with Gasteiger partial charge in [-0.1, -0.05) is 32.9 Å². The highest BCUT2D eigenvalue weighted by Gasteiger charge is 2.13. The van der Waals surface area contributed by atoms with Gasteiger partial charge in [-0.15, -0.1) is 0 Å². The van der Waals surface area contributed by atoms with Gasteiger partial charge in [-0.3, -0.25) is 4.55 Å². The predicted octanol–water partition coefficient (Wildman–Crippen LogP) is 2.67. The fourth-order valence-electron chi connectivity index (χ4n) is 1.58. The molecule has 2 N–H and O–H groups in total. The molecule has 1 aromatic carbocycles. The van der Waals surface area contributed by atoms with Gasteiger partial charge >= 0.3 is 0 Å². The first kappa shape index (κ1) is 15.0. The van der Waals surface area contributed by atoms with Gasteiger partial charge in [0, 0.05) is 12.2 Å². The van der Waals surface area contributed by atoms with Crippen LogP contribution >= 0.6 is 0 Å². The first-order chi connectivity index (χ1) is 8.18. The Kier molecular flexibility index (Phi) is 4.76. The van der Waals surface area contributed by atoms with E-state index in [0.29, 0.717) is 13.0 Å². The third kappa shape index (κ3) is 5.51. The van der Waals surface area contributed by atoms with Crippen LogP contribution in [-0.4, -0.2) is 25.3 Å². The third-order valence-corrected chi connectivity index (χ3v) is 3.44. The van der Waals surface area contributed by atoms with Crippen molar-refractivity contribution in [1.29, 1.82) is 0 Å². The molecule has 0 aliphatic carbocycles. The SMILES string of the molecule is CC(C)(C)c1cccc(NCCCS(=O)(=O)O)c1. The lowest BCUT2D eigenvalue weighted by atomic mass is 9.87. The highest BCUT2D eigenvalue weighted by atomic mass is 32.2. The number of nitrogens with one attached hydrogen (secondary N) is 1. The van der Waals surface area contributed by atoms with Crippen molar-refractivity contribution in [2.24, 2.45) is 0 Å². The van der Waals surface area contributed by atoms with Crippen molar-refractivity contribution in [1.82, 2.24) is 0 Å². The summed E-state index contributed by atoms with van der Waals surface area (Å²) in [5.74, 6) is -0.209. The van der Waals surface area contributed by atoms with E-state index in [1.165, 1.54) is 5.56 Å². The van der Waals surface area contributed by atoms with Crippen LogP contribution in [0.1, 0.15) is 32.8 Å². The van der Waals surface area contributed by atoms with Crippen LogP contribution in [0.25, 0.3) is 0 Å². The summed E-state index contributed by atoms with van der Waals surface area (Å²) in [6.07, 6.45) is 0.387. The summed E-state index contributed by atoms with van der Waals surface area (Å²) in [4.78, 5) is 0. The molecular formula is C13H21NO3S. The average Bonchev–Trinajstić information content (AvgIpc) is 2.22. The normalized spacial score (nSPS) is 12.4. The van der Waals surface area contributed by atoms with Crippen molar-refractivity contribution in [2.75, 3.05) is 17.6 Å².